The first-order valence-electron chi connectivity index (χ1n) is 5.22. The van der Waals surface area contributed by atoms with Crippen LogP contribution in [0, 0.1) is 0 Å². The molecule has 16 heavy (non-hydrogen) atoms. The van der Waals surface area contributed by atoms with Crippen LogP contribution in [0.4, 0.5) is 0 Å². The van der Waals surface area contributed by atoms with Gasteiger partial charge in [-0.2, -0.15) is 0 Å². The highest BCUT2D eigenvalue weighted by Gasteiger charge is 2.22. The third-order valence-electron chi connectivity index (χ3n) is 2.55. The number of carbonyl (C=O) groups is 1. The predicted molar refractivity (Wildman–Crippen MR) is 64.6 cm³/mol. The molecule has 1 aromatic rings. The molecule has 0 bridgehead atoms. The summed E-state index contributed by atoms with van der Waals surface area (Å²) in [6.45, 7) is 5.16. The van der Waals surface area contributed by atoms with Gasteiger partial charge in [0.1, 0.15) is 13.2 Å². The maximum absolute atomic E-state index is 11.1. The average Bonchev–Trinajstić information content (AvgIpc) is 2.28. The molecule has 0 atom stereocenters. The Labute approximate surface area is 103 Å². The lowest BCUT2D eigenvalue weighted by molar-refractivity contribution is 0.112. The van der Waals surface area contributed by atoms with E-state index in [-0.39, 0.29) is 5.92 Å². The molecule has 3 nitrogen and oxygen atoms in total. The third-order valence-corrected chi connectivity index (χ3v) is 3.34. The van der Waals surface area contributed by atoms with Gasteiger partial charge >= 0.3 is 0 Å². The highest BCUT2D eigenvalue weighted by Crippen LogP contribution is 2.43. The Morgan fingerprint density at radius 2 is 2.06 bits per heavy atom. The Balaban J connectivity index is 2.64. The molecule has 0 saturated carbocycles. The second kappa shape index (κ2) is 4.45. The first kappa shape index (κ1) is 11.5. The van der Waals surface area contributed by atoms with Crippen LogP contribution in [0.3, 0.4) is 0 Å². The van der Waals surface area contributed by atoms with Crippen molar-refractivity contribution in [2.45, 2.75) is 19.8 Å². The van der Waals surface area contributed by atoms with Crippen molar-refractivity contribution >= 4 is 22.2 Å². The lowest BCUT2D eigenvalue weighted by Crippen LogP contribution is -2.17. The van der Waals surface area contributed by atoms with Gasteiger partial charge in [-0.15, -0.1) is 0 Å². The summed E-state index contributed by atoms with van der Waals surface area (Å²) in [5.74, 6) is 1.61. The number of ether oxygens (including phenoxy) is 2. The van der Waals surface area contributed by atoms with Gasteiger partial charge < -0.3 is 9.47 Å². The van der Waals surface area contributed by atoms with E-state index in [0.717, 1.165) is 16.3 Å². The Morgan fingerprint density at radius 1 is 1.38 bits per heavy atom. The summed E-state index contributed by atoms with van der Waals surface area (Å²) in [6, 6.07) is 1.75. The molecule has 0 unspecified atom stereocenters. The number of aldehydes is 1. The number of hydrogen-bond acceptors (Lipinski definition) is 3. The zero-order chi connectivity index (χ0) is 11.7. The molecule has 1 aliphatic rings. The molecule has 0 N–H and O–H groups in total. The Kier molecular flexibility index (Phi) is 3.19. The summed E-state index contributed by atoms with van der Waals surface area (Å²) in [7, 11) is 0. The second-order valence-electron chi connectivity index (χ2n) is 3.99. The van der Waals surface area contributed by atoms with Gasteiger partial charge in [0.25, 0.3) is 0 Å². The SMILES string of the molecule is CC(C)c1c(C=O)cc2c(c1Br)OCCO2. The highest BCUT2D eigenvalue weighted by atomic mass is 79.9. The minimum absolute atomic E-state index is 0.255. The smallest absolute Gasteiger partial charge is 0.175 e. The number of benzene rings is 1. The Bertz CT molecular complexity index is 427. The van der Waals surface area contributed by atoms with E-state index in [0.29, 0.717) is 30.3 Å². The molecule has 4 heteroatoms. The molecule has 0 radical (unpaired) electrons. The van der Waals surface area contributed by atoms with E-state index in [9.17, 15) is 4.79 Å². The highest BCUT2D eigenvalue weighted by molar-refractivity contribution is 9.10. The van der Waals surface area contributed by atoms with Crippen LogP contribution in [-0.2, 0) is 0 Å². The molecule has 1 aromatic carbocycles. The van der Waals surface area contributed by atoms with E-state index in [1.54, 1.807) is 6.07 Å². The summed E-state index contributed by atoms with van der Waals surface area (Å²) in [6.07, 6.45) is 0.859. The van der Waals surface area contributed by atoms with Crippen LogP contribution in [0.2, 0.25) is 0 Å². The molecule has 0 fully saturated rings. The zero-order valence-corrected chi connectivity index (χ0v) is 10.8. The van der Waals surface area contributed by atoms with Crippen LogP contribution < -0.4 is 9.47 Å². The molecule has 1 aliphatic heterocycles. The largest absolute Gasteiger partial charge is 0.486 e. The van der Waals surface area contributed by atoms with E-state index in [1.807, 2.05) is 13.8 Å². The minimum atomic E-state index is 0.255. The number of hydrogen-bond donors (Lipinski definition) is 0. The predicted octanol–water partition coefficient (Wildman–Crippen LogP) is 3.16. The Morgan fingerprint density at radius 3 is 2.69 bits per heavy atom. The lowest BCUT2D eigenvalue weighted by atomic mass is 9.97. The summed E-state index contributed by atoms with van der Waals surface area (Å²) in [5, 5.41) is 0. The van der Waals surface area contributed by atoms with Crippen molar-refractivity contribution in [3.8, 4) is 11.5 Å². The standard InChI is InChI=1S/C12H13BrO3/c1-7(2)10-8(6-14)5-9-12(11(10)13)16-4-3-15-9/h5-7H,3-4H2,1-2H3. The fraction of sp³-hybridized carbons (Fsp3) is 0.417. The van der Waals surface area contributed by atoms with Gasteiger partial charge in [-0.1, -0.05) is 13.8 Å². The summed E-state index contributed by atoms with van der Waals surface area (Å²) >= 11 is 3.50. The summed E-state index contributed by atoms with van der Waals surface area (Å²) < 4.78 is 11.9. The maximum atomic E-state index is 11.1. The topological polar surface area (TPSA) is 35.5 Å². The number of fused-ring (bicyclic) bond motifs is 1. The van der Waals surface area contributed by atoms with Crippen molar-refractivity contribution in [3.05, 3.63) is 21.7 Å². The van der Waals surface area contributed by atoms with Gasteiger partial charge in [-0.25, -0.2) is 0 Å². The molecular weight excluding hydrogens is 272 g/mol. The molecule has 0 spiro atoms. The molecule has 1 heterocycles. The first-order chi connectivity index (χ1) is 7.65. The van der Waals surface area contributed by atoms with Crippen LogP contribution >= 0.6 is 15.9 Å². The van der Waals surface area contributed by atoms with Gasteiger partial charge in [0, 0.05) is 5.56 Å². The molecule has 0 saturated heterocycles. The van der Waals surface area contributed by atoms with Crippen molar-refractivity contribution in [1.82, 2.24) is 0 Å². The van der Waals surface area contributed by atoms with Crippen molar-refractivity contribution in [1.29, 1.82) is 0 Å². The molecule has 0 amide bonds. The van der Waals surface area contributed by atoms with E-state index < -0.39 is 0 Å². The normalized spacial score (nSPS) is 14.0. The molecule has 2 rings (SSSR count). The quantitative estimate of drug-likeness (QED) is 0.783. The number of rotatable bonds is 2. The molecular formula is C12H13BrO3. The van der Waals surface area contributed by atoms with Crippen LogP contribution in [0.5, 0.6) is 11.5 Å². The van der Waals surface area contributed by atoms with Crippen LogP contribution in [0.15, 0.2) is 10.5 Å². The monoisotopic (exact) mass is 284 g/mol. The van der Waals surface area contributed by atoms with Crippen molar-refractivity contribution in [2.24, 2.45) is 0 Å². The molecule has 0 aromatic heterocycles. The van der Waals surface area contributed by atoms with E-state index in [4.69, 9.17) is 9.47 Å². The van der Waals surface area contributed by atoms with Gasteiger partial charge in [0.15, 0.2) is 17.8 Å². The maximum Gasteiger partial charge on any atom is 0.175 e. The van der Waals surface area contributed by atoms with Gasteiger partial charge in [-0.3, -0.25) is 4.79 Å². The van der Waals surface area contributed by atoms with Crippen LogP contribution in [0.25, 0.3) is 0 Å². The Hall–Kier alpha value is -1.03. The fourth-order valence-corrected chi connectivity index (χ4v) is 2.86. The number of carbonyl (C=O) groups excluding carboxylic acids is 1. The van der Waals surface area contributed by atoms with Gasteiger partial charge in [-0.05, 0) is 33.5 Å². The van der Waals surface area contributed by atoms with Crippen molar-refractivity contribution < 1.29 is 14.3 Å². The zero-order valence-electron chi connectivity index (χ0n) is 9.25. The van der Waals surface area contributed by atoms with E-state index in [2.05, 4.69) is 15.9 Å². The summed E-state index contributed by atoms with van der Waals surface area (Å²) in [4.78, 5) is 11.1. The fourth-order valence-electron chi connectivity index (χ4n) is 1.86. The third kappa shape index (κ3) is 1.82. The summed E-state index contributed by atoms with van der Waals surface area (Å²) in [5.41, 5.74) is 1.63. The van der Waals surface area contributed by atoms with E-state index >= 15 is 0 Å². The van der Waals surface area contributed by atoms with Crippen molar-refractivity contribution in [2.75, 3.05) is 13.2 Å². The second-order valence-corrected chi connectivity index (χ2v) is 4.78. The van der Waals surface area contributed by atoms with Crippen molar-refractivity contribution in [3.63, 3.8) is 0 Å². The van der Waals surface area contributed by atoms with Crippen LogP contribution in [-0.4, -0.2) is 19.5 Å². The van der Waals surface area contributed by atoms with Crippen LogP contribution in [0.1, 0.15) is 35.7 Å². The van der Waals surface area contributed by atoms with Gasteiger partial charge in [0.2, 0.25) is 0 Å². The minimum Gasteiger partial charge on any atom is -0.486 e. The van der Waals surface area contributed by atoms with E-state index in [1.165, 1.54) is 0 Å². The first-order valence-corrected chi connectivity index (χ1v) is 6.01. The average molecular weight is 285 g/mol. The van der Waals surface area contributed by atoms with Gasteiger partial charge in [0.05, 0.1) is 4.47 Å². The lowest BCUT2D eigenvalue weighted by Gasteiger charge is -2.23. The molecule has 0 aliphatic carbocycles. The molecule has 86 valence electrons. The number of halogens is 1.